The Balaban J connectivity index is 1.85. The average Bonchev–Trinajstić information content (AvgIpc) is 3.56. The molecule has 5 N–H and O–H groups in total. The van der Waals surface area contributed by atoms with Crippen LogP contribution in [0, 0.1) is 13.8 Å². The third-order valence-corrected chi connectivity index (χ3v) is 7.80. The number of benzene rings is 1. The second kappa shape index (κ2) is 9.94. The Morgan fingerprint density at radius 1 is 1.18 bits per heavy atom. The predicted octanol–water partition coefficient (Wildman–Crippen LogP) is 3.95. The van der Waals surface area contributed by atoms with Crippen LogP contribution in [-0.2, 0) is 4.79 Å². The molecule has 2 aromatic heterocycles. The summed E-state index contributed by atoms with van der Waals surface area (Å²) in [5.41, 5.74) is 13.6. The van der Waals surface area contributed by atoms with Gasteiger partial charge in [-0.25, -0.2) is 0 Å². The van der Waals surface area contributed by atoms with E-state index in [0.717, 1.165) is 53.2 Å². The minimum absolute atomic E-state index is 0.0704. The average molecular weight is 498 g/mol. The van der Waals surface area contributed by atoms with Crippen molar-refractivity contribution in [3.8, 4) is 0 Å². The van der Waals surface area contributed by atoms with E-state index in [2.05, 4.69) is 9.69 Å². The van der Waals surface area contributed by atoms with E-state index in [0.29, 0.717) is 5.69 Å². The van der Waals surface area contributed by atoms with Gasteiger partial charge in [0.05, 0.1) is 5.69 Å². The molecule has 4 rings (SSSR count). The number of aromatic nitrogens is 1. The summed E-state index contributed by atoms with van der Waals surface area (Å²) in [4.78, 5) is 41.8. The molecule has 1 aliphatic carbocycles. The highest BCUT2D eigenvalue weighted by Gasteiger charge is 2.38. The first-order chi connectivity index (χ1) is 16.3. The molecule has 10 heteroatoms. The van der Waals surface area contributed by atoms with Gasteiger partial charge in [-0.05, 0) is 66.9 Å². The molecule has 0 radical (unpaired) electrons. The van der Waals surface area contributed by atoms with E-state index in [-0.39, 0.29) is 28.2 Å². The standard InChI is InChI=1S/C24H27N5O3S2/c1-13-9-10-14(2)16(12-13)29(24(32)21-18(25)19(22(26)30)28-34-21)20(17-8-5-11-33-17)23(31)27-15-6-3-4-7-15/h5,8-12,15,20H,3-4,6-7,25H2,1-2H3,(H2,26,30)(H,27,31)/t20-/m1/s1. The Morgan fingerprint density at radius 2 is 1.91 bits per heavy atom. The van der Waals surface area contributed by atoms with Crippen LogP contribution < -0.4 is 21.7 Å². The molecule has 0 saturated heterocycles. The van der Waals surface area contributed by atoms with E-state index >= 15 is 0 Å². The number of primary amides is 1. The molecule has 0 bridgehead atoms. The van der Waals surface area contributed by atoms with E-state index in [1.54, 1.807) is 0 Å². The zero-order valence-electron chi connectivity index (χ0n) is 19.0. The lowest BCUT2D eigenvalue weighted by Gasteiger charge is -2.32. The molecule has 1 aromatic carbocycles. The van der Waals surface area contributed by atoms with Crippen molar-refractivity contribution >= 4 is 52.0 Å². The number of anilines is 2. The number of nitrogens with zero attached hydrogens (tertiary/aromatic N) is 2. The van der Waals surface area contributed by atoms with Crippen LogP contribution in [0.15, 0.2) is 35.7 Å². The highest BCUT2D eigenvalue weighted by molar-refractivity contribution is 7.10. The predicted molar refractivity (Wildman–Crippen MR) is 135 cm³/mol. The summed E-state index contributed by atoms with van der Waals surface area (Å²) >= 11 is 2.21. The van der Waals surface area contributed by atoms with Gasteiger partial charge >= 0.3 is 0 Å². The van der Waals surface area contributed by atoms with Crippen molar-refractivity contribution in [2.24, 2.45) is 5.73 Å². The third-order valence-electron chi connectivity index (χ3n) is 6.02. The fraction of sp³-hybridized carbons (Fsp3) is 0.333. The molecule has 0 unspecified atom stereocenters. The lowest BCUT2D eigenvalue weighted by Crippen LogP contribution is -2.46. The number of aryl methyl sites for hydroxylation is 2. The van der Waals surface area contributed by atoms with Crippen LogP contribution in [-0.4, -0.2) is 28.1 Å². The van der Waals surface area contributed by atoms with Crippen molar-refractivity contribution < 1.29 is 14.4 Å². The largest absolute Gasteiger partial charge is 0.395 e. The summed E-state index contributed by atoms with van der Waals surface area (Å²) in [7, 11) is 0. The summed E-state index contributed by atoms with van der Waals surface area (Å²) in [5.74, 6) is -1.56. The first-order valence-electron chi connectivity index (χ1n) is 11.1. The molecule has 1 aliphatic rings. The van der Waals surface area contributed by atoms with Crippen molar-refractivity contribution in [3.63, 3.8) is 0 Å². The molecule has 34 heavy (non-hydrogen) atoms. The smallest absolute Gasteiger partial charge is 0.273 e. The van der Waals surface area contributed by atoms with Crippen molar-refractivity contribution in [3.05, 3.63) is 62.3 Å². The highest BCUT2D eigenvalue weighted by Crippen LogP contribution is 2.37. The van der Waals surface area contributed by atoms with Gasteiger partial charge in [0.25, 0.3) is 11.8 Å². The number of nitrogen functional groups attached to an aromatic ring is 1. The van der Waals surface area contributed by atoms with Gasteiger partial charge in [-0.2, -0.15) is 4.37 Å². The number of carbonyl (C=O) groups excluding carboxylic acids is 3. The van der Waals surface area contributed by atoms with Gasteiger partial charge in [0.1, 0.15) is 4.88 Å². The maximum atomic E-state index is 14.0. The molecule has 0 aliphatic heterocycles. The summed E-state index contributed by atoms with van der Waals surface area (Å²) in [6, 6.07) is 8.62. The van der Waals surface area contributed by atoms with Gasteiger partial charge in [-0.15, -0.1) is 11.3 Å². The van der Waals surface area contributed by atoms with E-state index in [4.69, 9.17) is 11.5 Å². The summed E-state index contributed by atoms with van der Waals surface area (Å²) in [5, 5.41) is 5.03. The van der Waals surface area contributed by atoms with Crippen molar-refractivity contribution in [2.45, 2.75) is 51.6 Å². The molecule has 1 saturated carbocycles. The quantitative estimate of drug-likeness (QED) is 0.455. The lowest BCUT2D eigenvalue weighted by molar-refractivity contribution is -0.123. The van der Waals surface area contributed by atoms with Gasteiger partial charge in [-0.1, -0.05) is 31.0 Å². The first kappa shape index (κ1) is 23.9. The monoisotopic (exact) mass is 497 g/mol. The molecular formula is C24H27N5O3S2. The number of carbonyl (C=O) groups is 3. The zero-order chi connectivity index (χ0) is 24.4. The maximum Gasteiger partial charge on any atom is 0.273 e. The number of nitrogens with two attached hydrogens (primary N) is 2. The molecule has 0 spiro atoms. The second-order valence-corrected chi connectivity index (χ2v) is 10.3. The van der Waals surface area contributed by atoms with Gasteiger partial charge in [0.2, 0.25) is 5.91 Å². The Labute approximate surface area is 206 Å². The first-order valence-corrected chi connectivity index (χ1v) is 12.7. The van der Waals surface area contributed by atoms with Gasteiger partial charge in [0.15, 0.2) is 11.7 Å². The maximum absolute atomic E-state index is 14.0. The number of nitrogens with one attached hydrogen (secondary N) is 1. The van der Waals surface area contributed by atoms with Gasteiger partial charge in [-0.3, -0.25) is 19.3 Å². The van der Waals surface area contributed by atoms with Crippen LogP contribution >= 0.6 is 22.9 Å². The topological polar surface area (TPSA) is 131 Å². The summed E-state index contributed by atoms with van der Waals surface area (Å²) < 4.78 is 4.00. The molecule has 2 heterocycles. The van der Waals surface area contributed by atoms with Gasteiger partial charge < -0.3 is 16.8 Å². The number of thiophene rings is 1. The minimum Gasteiger partial charge on any atom is -0.395 e. The zero-order valence-corrected chi connectivity index (χ0v) is 20.7. The fourth-order valence-electron chi connectivity index (χ4n) is 4.25. The van der Waals surface area contributed by atoms with Crippen LogP contribution in [0.25, 0.3) is 0 Å². The number of rotatable bonds is 7. The summed E-state index contributed by atoms with van der Waals surface area (Å²) in [6.07, 6.45) is 3.98. The number of hydrogen-bond acceptors (Lipinski definition) is 7. The number of hydrogen-bond donors (Lipinski definition) is 3. The normalized spacial score (nSPS) is 14.6. The molecule has 3 aromatic rings. The Bertz CT molecular complexity index is 1220. The molecule has 1 fully saturated rings. The summed E-state index contributed by atoms with van der Waals surface area (Å²) in [6.45, 7) is 3.82. The molecule has 178 valence electrons. The molecule has 8 nitrogen and oxygen atoms in total. The van der Waals surface area contributed by atoms with E-state index in [1.807, 2.05) is 49.6 Å². The molecular weight excluding hydrogens is 470 g/mol. The van der Waals surface area contributed by atoms with Crippen LogP contribution in [0.3, 0.4) is 0 Å². The van der Waals surface area contributed by atoms with Crippen molar-refractivity contribution in [2.75, 3.05) is 10.6 Å². The van der Waals surface area contributed by atoms with Crippen LogP contribution in [0.1, 0.15) is 67.9 Å². The minimum atomic E-state index is -0.910. The SMILES string of the molecule is Cc1ccc(C)c(N(C(=O)c2snc(C(N)=O)c2N)[C@@H](C(=O)NC2CCCC2)c2cccs2)c1. The van der Waals surface area contributed by atoms with E-state index in [9.17, 15) is 14.4 Å². The third kappa shape index (κ3) is 4.69. The van der Waals surface area contributed by atoms with Crippen molar-refractivity contribution in [1.29, 1.82) is 0 Å². The number of amides is 3. The molecule has 1 atom stereocenters. The second-order valence-electron chi connectivity index (χ2n) is 8.51. The van der Waals surface area contributed by atoms with Gasteiger partial charge in [0, 0.05) is 16.6 Å². The van der Waals surface area contributed by atoms with Crippen LogP contribution in [0.4, 0.5) is 11.4 Å². The van der Waals surface area contributed by atoms with Crippen LogP contribution in [0.5, 0.6) is 0 Å². The fourth-order valence-corrected chi connectivity index (χ4v) is 5.81. The van der Waals surface area contributed by atoms with Crippen LogP contribution in [0.2, 0.25) is 0 Å². The highest BCUT2D eigenvalue weighted by atomic mass is 32.1. The van der Waals surface area contributed by atoms with Crippen molar-refractivity contribution in [1.82, 2.24) is 9.69 Å². The van der Waals surface area contributed by atoms with E-state index < -0.39 is 17.9 Å². The Hall–Kier alpha value is -3.24. The van der Waals surface area contributed by atoms with E-state index in [1.165, 1.54) is 16.2 Å². The Morgan fingerprint density at radius 3 is 2.53 bits per heavy atom. The lowest BCUT2D eigenvalue weighted by atomic mass is 10.0. The molecule has 3 amide bonds. The Kier molecular flexibility index (Phi) is 6.99.